The SMILES string of the molecule is CC(=O)Oc1ccc(C=CC(=O)OC[C@@H](C(=O)O)N(C)C(C)=O)cc1OC(C)=O. The fraction of sp³-hybridized carbons (Fsp3) is 0.316. The van der Waals surface area contributed by atoms with Gasteiger partial charge < -0.3 is 24.2 Å². The van der Waals surface area contributed by atoms with Crippen molar-refractivity contribution in [1.82, 2.24) is 4.90 Å². The van der Waals surface area contributed by atoms with Gasteiger partial charge in [-0.3, -0.25) is 14.4 Å². The number of hydrogen-bond donors (Lipinski definition) is 1. The molecule has 0 radical (unpaired) electrons. The number of esters is 3. The fourth-order valence-corrected chi connectivity index (χ4v) is 2.04. The van der Waals surface area contributed by atoms with Crippen LogP contribution in [0.15, 0.2) is 24.3 Å². The van der Waals surface area contributed by atoms with Gasteiger partial charge >= 0.3 is 23.9 Å². The van der Waals surface area contributed by atoms with Gasteiger partial charge in [0.1, 0.15) is 6.61 Å². The van der Waals surface area contributed by atoms with E-state index < -0.39 is 42.4 Å². The number of carboxylic acids is 1. The predicted octanol–water partition coefficient (Wildman–Crippen LogP) is 1.03. The van der Waals surface area contributed by atoms with Crippen molar-refractivity contribution in [2.24, 2.45) is 0 Å². The number of nitrogens with zero attached hydrogens (tertiary/aromatic N) is 1. The summed E-state index contributed by atoms with van der Waals surface area (Å²) in [6.07, 6.45) is 2.36. The summed E-state index contributed by atoms with van der Waals surface area (Å²) in [5, 5.41) is 9.12. The molecule has 0 fully saturated rings. The first-order valence-electron chi connectivity index (χ1n) is 8.33. The van der Waals surface area contributed by atoms with Crippen LogP contribution in [0.3, 0.4) is 0 Å². The zero-order chi connectivity index (χ0) is 22.1. The number of carbonyl (C=O) groups excluding carboxylic acids is 4. The van der Waals surface area contributed by atoms with E-state index in [1.54, 1.807) is 0 Å². The van der Waals surface area contributed by atoms with Crippen LogP contribution in [0.4, 0.5) is 0 Å². The Balaban J connectivity index is 2.86. The molecule has 10 nitrogen and oxygen atoms in total. The van der Waals surface area contributed by atoms with Crippen LogP contribution in [0.25, 0.3) is 6.08 Å². The number of ether oxygens (including phenoxy) is 3. The smallest absolute Gasteiger partial charge is 0.330 e. The lowest BCUT2D eigenvalue weighted by atomic mass is 10.2. The van der Waals surface area contributed by atoms with E-state index in [1.165, 1.54) is 52.1 Å². The molecular weight excluding hydrogens is 386 g/mol. The van der Waals surface area contributed by atoms with Crippen molar-refractivity contribution in [1.29, 1.82) is 0 Å². The Bertz CT molecular complexity index is 844. The molecule has 10 heteroatoms. The van der Waals surface area contributed by atoms with Crippen LogP contribution < -0.4 is 9.47 Å². The fourth-order valence-electron chi connectivity index (χ4n) is 2.04. The molecular formula is C19H21NO9. The highest BCUT2D eigenvalue weighted by Gasteiger charge is 2.25. The lowest BCUT2D eigenvalue weighted by Gasteiger charge is -2.22. The molecule has 0 spiro atoms. The molecule has 156 valence electrons. The minimum Gasteiger partial charge on any atom is -0.480 e. The average molecular weight is 407 g/mol. The Morgan fingerprint density at radius 3 is 2.14 bits per heavy atom. The summed E-state index contributed by atoms with van der Waals surface area (Å²) in [7, 11) is 1.28. The van der Waals surface area contributed by atoms with E-state index in [0.717, 1.165) is 11.0 Å². The Labute approximate surface area is 166 Å². The number of carbonyl (C=O) groups is 5. The van der Waals surface area contributed by atoms with Crippen LogP contribution in [0, 0.1) is 0 Å². The van der Waals surface area contributed by atoms with E-state index in [0.29, 0.717) is 5.56 Å². The second-order valence-corrected chi connectivity index (χ2v) is 5.84. The van der Waals surface area contributed by atoms with Crippen LogP contribution in [0.2, 0.25) is 0 Å². The van der Waals surface area contributed by atoms with Crippen molar-refractivity contribution in [3.05, 3.63) is 29.8 Å². The van der Waals surface area contributed by atoms with Gasteiger partial charge in [-0.25, -0.2) is 9.59 Å². The van der Waals surface area contributed by atoms with Crippen LogP contribution in [0.1, 0.15) is 26.3 Å². The van der Waals surface area contributed by atoms with Gasteiger partial charge in [0, 0.05) is 33.9 Å². The molecule has 0 aliphatic rings. The van der Waals surface area contributed by atoms with Gasteiger partial charge in [0.15, 0.2) is 17.5 Å². The summed E-state index contributed by atoms with van der Waals surface area (Å²) >= 11 is 0. The molecule has 1 N–H and O–H groups in total. The third kappa shape index (κ3) is 7.83. The van der Waals surface area contributed by atoms with Crippen LogP contribution in [-0.4, -0.2) is 59.5 Å². The summed E-state index contributed by atoms with van der Waals surface area (Å²) in [5.41, 5.74) is 0.421. The molecule has 0 saturated heterocycles. The van der Waals surface area contributed by atoms with Crippen molar-refractivity contribution >= 4 is 35.9 Å². The lowest BCUT2D eigenvalue weighted by molar-refractivity contribution is -0.154. The van der Waals surface area contributed by atoms with E-state index in [2.05, 4.69) is 0 Å². The number of amides is 1. The first-order valence-corrected chi connectivity index (χ1v) is 8.33. The summed E-state index contributed by atoms with van der Waals surface area (Å²) in [6.45, 7) is 3.03. The molecule has 0 aromatic heterocycles. The summed E-state index contributed by atoms with van der Waals surface area (Å²) in [5.74, 6) is -3.86. The summed E-state index contributed by atoms with van der Waals surface area (Å²) in [6, 6.07) is 2.93. The molecule has 1 rings (SSSR count). The first kappa shape index (κ1) is 23.3. The van der Waals surface area contributed by atoms with Gasteiger partial charge in [-0.2, -0.15) is 0 Å². The molecule has 0 aliphatic heterocycles. The number of hydrogen-bond acceptors (Lipinski definition) is 8. The number of likely N-dealkylation sites (N-methyl/N-ethyl adjacent to an activating group) is 1. The van der Waals surface area contributed by atoms with Gasteiger partial charge in [-0.15, -0.1) is 0 Å². The zero-order valence-electron chi connectivity index (χ0n) is 16.3. The zero-order valence-corrected chi connectivity index (χ0v) is 16.3. The molecule has 0 aliphatic carbocycles. The maximum Gasteiger partial charge on any atom is 0.330 e. The standard InChI is InChI=1S/C19H21NO9/c1-11(21)20(4)15(19(25)26)10-27-18(24)8-6-14-5-7-16(28-12(2)22)17(9-14)29-13(3)23/h5-9,15H,10H2,1-4H3,(H,25,26)/t15-/m0/s1. The normalized spacial score (nSPS) is 11.4. The van der Waals surface area contributed by atoms with Gasteiger partial charge in [0.2, 0.25) is 5.91 Å². The molecule has 1 aromatic rings. The Morgan fingerprint density at radius 1 is 1.03 bits per heavy atom. The third-order valence-corrected chi connectivity index (χ3v) is 3.52. The van der Waals surface area contributed by atoms with Crippen molar-refractivity contribution in [2.45, 2.75) is 26.8 Å². The van der Waals surface area contributed by atoms with Crippen molar-refractivity contribution < 1.29 is 43.3 Å². The number of rotatable bonds is 8. The minimum absolute atomic E-state index is 0.0164. The molecule has 0 bridgehead atoms. The molecule has 1 amide bonds. The highest BCUT2D eigenvalue weighted by Crippen LogP contribution is 2.29. The number of carboxylic acid groups (broad SMARTS) is 1. The quantitative estimate of drug-likeness (QED) is 0.380. The Kier molecular flexibility index (Phi) is 8.53. The van der Waals surface area contributed by atoms with Crippen LogP contribution in [0.5, 0.6) is 11.5 Å². The van der Waals surface area contributed by atoms with Gasteiger partial charge in [-0.1, -0.05) is 6.07 Å². The maximum absolute atomic E-state index is 11.9. The monoisotopic (exact) mass is 407 g/mol. The van der Waals surface area contributed by atoms with Crippen molar-refractivity contribution in [3.63, 3.8) is 0 Å². The van der Waals surface area contributed by atoms with E-state index in [-0.39, 0.29) is 11.5 Å². The van der Waals surface area contributed by atoms with E-state index in [9.17, 15) is 24.0 Å². The Morgan fingerprint density at radius 2 is 1.62 bits per heavy atom. The maximum atomic E-state index is 11.9. The van der Waals surface area contributed by atoms with Gasteiger partial charge in [-0.05, 0) is 23.8 Å². The third-order valence-electron chi connectivity index (χ3n) is 3.52. The average Bonchev–Trinajstić information content (AvgIpc) is 2.60. The second-order valence-electron chi connectivity index (χ2n) is 5.84. The van der Waals surface area contributed by atoms with Crippen molar-refractivity contribution in [3.8, 4) is 11.5 Å². The minimum atomic E-state index is -1.32. The number of benzene rings is 1. The molecule has 1 atom stereocenters. The van der Waals surface area contributed by atoms with E-state index in [4.69, 9.17) is 19.3 Å². The van der Waals surface area contributed by atoms with E-state index >= 15 is 0 Å². The Hall–Kier alpha value is -3.69. The van der Waals surface area contributed by atoms with Gasteiger partial charge in [0.25, 0.3) is 0 Å². The van der Waals surface area contributed by atoms with Crippen LogP contribution >= 0.6 is 0 Å². The lowest BCUT2D eigenvalue weighted by Crippen LogP contribution is -2.44. The largest absolute Gasteiger partial charge is 0.480 e. The molecule has 0 unspecified atom stereocenters. The summed E-state index contributed by atoms with van der Waals surface area (Å²) in [4.78, 5) is 57.6. The second kappa shape index (κ2) is 10.6. The number of aliphatic carboxylic acids is 1. The highest BCUT2D eigenvalue weighted by atomic mass is 16.6. The molecule has 29 heavy (non-hydrogen) atoms. The predicted molar refractivity (Wildman–Crippen MR) is 98.9 cm³/mol. The molecule has 1 aromatic carbocycles. The highest BCUT2D eigenvalue weighted by molar-refractivity contribution is 5.88. The molecule has 0 saturated carbocycles. The first-order chi connectivity index (χ1) is 13.5. The van der Waals surface area contributed by atoms with Crippen LogP contribution in [-0.2, 0) is 28.7 Å². The van der Waals surface area contributed by atoms with Gasteiger partial charge in [0.05, 0.1) is 0 Å². The summed E-state index contributed by atoms with van der Waals surface area (Å²) < 4.78 is 14.8. The topological polar surface area (TPSA) is 137 Å². The van der Waals surface area contributed by atoms with E-state index in [1.807, 2.05) is 0 Å². The van der Waals surface area contributed by atoms with Crippen molar-refractivity contribution in [2.75, 3.05) is 13.7 Å². The molecule has 0 heterocycles.